The van der Waals surface area contributed by atoms with Crippen molar-refractivity contribution in [1.29, 1.82) is 0 Å². The Balaban J connectivity index is 1.93. The fourth-order valence-corrected chi connectivity index (χ4v) is 2.93. The summed E-state index contributed by atoms with van der Waals surface area (Å²) in [6.45, 7) is 4.02. The first-order valence-electron chi connectivity index (χ1n) is 6.58. The van der Waals surface area contributed by atoms with Gasteiger partial charge in [0.2, 0.25) is 11.7 Å². The standard InChI is InChI=1S/C14H15BrFN3O/c1-14(2-4-17-5-3-14)13-18-12(19-20-13)9-6-10(15)8-11(16)7-9/h6-8,17H,2-5H2,1H3. The zero-order valence-corrected chi connectivity index (χ0v) is 12.7. The largest absolute Gasteiger partial charge is 0.338 e. The molecular weight excluding hydrogens is 325 g/mol. The number of halogens is 2. The number of nitrogens with zero attached hydrogens (tertiary/aromatic N) is 2. The molecule has 20 heavy (non-hydrogen) atoms. The normalized spacial score (nSPS) is 18.1. The lowest BCUT2D eigenvalue weighted by Crippen LogP contribution is -2.37. The third-order valence-electron chi connectivity index (χ3n) is 3.77. The smallest absolute Gasteiger partial charge is 0.232 e. The maximum Gasteiger partial charge on any atom is 0.232 e. The average molecular weight is 340 g/mol. The molecule has 1 N–H and O–H groups in total. The fraction of sp³-hybridized carbons (Fsp3) is 0.429. The third kappa shape index (κ3) is 2.62. The van der Waals surface area contributed by atoms with E-state index < -0.39 is 0 Å². The van der Waals surface area contributed by atoms with Gasteiger partial charge < -0.3 is 9.84 Å². The van der Waals surface area contributed by atoms with Crippen LogP contribution in [0.15, 0.2) is 27.2 Å². The first kappa shape index (κ1) is 13.7. The van der Waals surface area contributed by atoms with Crippen LogP contribution in [-0.2, 0) is 5.41 Å². The van der Waals surface area contributed by atoms with Gasteiger partial charge in [-0.2, -0.15) is 4.98 Å². The summed E-state index contributed by atoms with van der Waals surface area (Å²) in [5.74, 6) is 0.739. The summed E-state index contributed by atoms with van der Waals surface area (Å²) < 4.78 is 19.5. The predicted molar refractivity (Wildman–Crippen MR) is 76.8 cm³/mol. The number of hydrogen-bond donors (Lipinski definition) is 1. The Morgan fingerprint density at radius 3 is 2.75 bits per heavy atom. The molecule has 1 aliphatic heterocycles. The van der Waals surface area contributed by atoms with E-state index in [1.165, 1.54) is 12.1 Å². The average Bonchev–Trinajstić information content (AvgIpc) is 2.89. The van der Waals surface area contributed by atoms with Crippen LogP contribution in [0.1, 0.15) is 25.7 Å². The molecule has 0 saturated carbocycles. The molecule has 1 aromatic carbocycles. The monoisotopic (exact) mass is 339 g/mol. The van der Waals surface area contributed by atoms with Gasteiger partial charge in [-0.1, -0.05) is 28.0 Å². The Kier molecular flexibility index (Phi) is 3.60. The van der Waals surface area contributed by atoms with Gasteiger partial charge in [0.05, 0.1) is 0 Å². The van der Waals surface area contributed by atoms with Crippen molar-refractivity contribution in [2.45, 2.75) is 25.2 Å². The Morgan fingerprint density at radius 2 is 2.05 bits per heavy atom. The quantitative estimate of drug-likeness (QED) is 0.912. The second-order valence-corrected chi connectivity index (χ2v) is 6.31. The van der Waals surface area contributed by atoms with Gasteiger partial charge in [-0.05, 0) is 44.1 Å². The van der Waals surface area contributed by atoms with Crippen molar-refractivity contribution in [1.82, 2.24) is 15.5 Å². The summed E-state index contributed by atoms with van der Waals surface area (Å²) in [5.41, 5.74) is 0.519. The maximum atomic E-state index is 13.4. The minimum absolute atomic E-state index is 0.0962. The number of aromatic nitrogens is 2. The molecule has 1 saturated heterocycles. The van der Waals surface area contributed by atoms with Crippen molar-refractivity contribution in [3.05, 3.63) is 34.4 Å². The summed E-state index contributed by atoms with van der Waals surface area (Å²) >= 11 is 3.27. The number of nitrogens with one attached hydrogen (secondary N) is 1. The predicted octanol–water partition coefficient (Wildman–Crippen LogP) is 3.28. The van der Waals surface area contributed by atoms with Crippen molar-refractivity contribution in [2.75, 3.05) is 13.1 Å². The molecule has 0 unspecified atom stereocenters. The van der Waals surface area contributed by atoms with Gasteiger partial charge in [-0.15, -0.1) is 0 Å². The van der Waals surface area contributed by atoms with Crippen LogP contribution in [0.3, 0.4) is 0 Å². The van der Waals surface area contributed by atoms with Crippen LogP contribution in [0.25, 0.3) is 11.4 Å². The summed E-state index contributed by atoms with van der Waals surface area (Å²) in [4.78, 5) is 4.47. The van der Waals surface area contributed by atoms with Crippen LogP contribution in [-0.4, -0.2) is 23.2 Å². The van der Waals surface area contributed by atoms with Crippen LogP contribution in [0.5, 0.6) is 0 Å². The number of rotatable bonds is 2. The van der Waals surface area contributed by atoms with Crippen molar-refractivity contribution in [2.24, 2.45) is 0 Å². The molecule has 106 valence electrons. The van der Waals surface area contributed by atoms with E-state index in [0.29, 0.717) is 21.8 Å². The van der Waals surface area contributed by atoms with Crippen LogP contribution in [0.4, 0.5) is 4.39 Å². The second-order valence-electron chi connectivity index (χ2n) is 5.39. The van der Waals surface area contributed by atoms with E-state index in [0.717, 1.165) is 25.9 Å². The van der Waals surface area contributed by atoms with E-state index in [9.17, 15) is 4.39 Å². The van der Waals surface area contributed by atoms with E-state index >= 15 is 0 Å². The molecule has 2 heterocycles. The molecule has 0 spiro atoms. The molecule has 0 radical (unpaired) electrons. The van der Waals surface area contributed by atoms with Crippen LogP contribution in [0, 0.1) is 5.82 Å². The molecule has 1 fully saturated rings. The SMILES string of the molecule is CC1(c2nc(-c3cc(F)cc(Br)c3)no2)CCNCC1. The number of piperidine rings is 1. The molecule has 4 nitrogen and oxygen atoms in total. The molecule has 6 heteroatoms. The lowest BCUT2D eigenvalue weighted by Gasteiger charge is -2.30. The summed E-state index contributed by atoms with van der Waals surface area (Å²) in [7, 11) is 0. The van der Waals surface area contributed by atoms with E-state index in [1.54, 1.807) is 6.07 Å². The Labute approximate surface area is 124 Å². The van der Waals surface area contributed by atoms with Gasteiger partial charge in [-0.25, -0.2) is 4.39 Å². The lowest BCUT2D eigenvalue weighted by molar-refractivity contribution is 0.241. The molecule has 0 atom stereocenters. The zero-order chi connectivity index (χ0) is 14.2. The zero-order valence-electron chi connectivity index (χ0n) is 11.1. The van der Waals surface area contributed by atoms with E-state index in [1.807, 2.05) is 0 Å². The highest BCUT2D eigenvalue weighted by Gasteiger charge is 2.34. The van der Waals surface area contributed by atoms with Crippen molar-refractivity contribution in [3.8, 4) is 11.4 Å². The molecule has 0 amide bonds. The third-order valence-corrected chi connectivity index (χ3v) is 4.23. The van der Waals surface area contributed by atoms with Crippen molar-refractivity contribution in [3.63, 3.8) is 0 Å². The minimum atomic E-state index is -0.325. The topological polar surface area (TPSA) is 51.0 Å². The fourth-order valence-electron chi connectivity index (χ4n) is 2.46. The highest BCUT2D eigenvalue weighted by atomic mass is 79.9. The molecule has 0 aliphatic carbocycles. The minimum Gasteiger partial charge on any atom is -0.338 e. The Bertz CT molecular complexity index is 602. The van der Waals surface area contributed by atoms with Gasteiger partial charge in [0.15, 0.2) is 0 Å². The van der Waals surface area contributed by atoms with Gasteiger partial charge >= 0.3 is 0 Å². The molecule has 2 aromatic rings. The van der Waals surface area contributed by atoms with Crippen LogP contribution in [0.2, 0.25) is 0 Å². The van der Waals surface area contributed by atoms with Crippen LogP contribution < -0.4 is 5.32 Å². The maximum absolute atomic E-state index is 13.4. The Hall–Kier alpha value is -1.27. The molecular formula is C14H15BrFN3O. The van der Waals surface area contributed by atoms with E-state index in [4.69, 9.17) is 4.52 Å². The lowest BCUT2D eigenvalue weighted by atomic mass is 9.81. The molecule has 1 aliphatic rings. The molecule has 0 bridgehead atoms. The first-order chi connectivity index (χ1) is 9.57. The van der Waals surface area contributed by atoms with Crippen molar-refractivity contribution >= 4 is 15.9 Å². The van der Waals surface area contributed by atoms with Crippen molar-refractivity contribution < 1.29 is 8.91 Å². The van der Waals surface area contributed by atoms with E-state index in [2.05, 4.69) is 38.3 Å². The molecule has 3 rings (SSSR count). The van der Waals surface area contributed by atoms with Gasteiger partial charge in [0, 0.05) is 15.5 Å². The van der Waals surface area contributed by atoms with Gasteiger partial charge in [0.1, 0.15) is 5.82 Å². The first-order valence-corrected chi connectivity index (χ1v) is 7.37. The summed E-state index contributed by atoms with van der Waals surface area (Å²) in [5, 5.41) is 7.31. The molecule has 1 aromatic heterocycles. The highest BCUT2D eigenvalue weighted by molar-refractivity contribution is 9.10. The highest BCUT2D eigenvalue weighted by Crippen LogP contribution is 2.33. The second kappa shape index (κ2) is 5.26. The van der Waals surface area contributed by atoms with Crippen LogP contribution >= 0.6 is 15.9 Å². The van der Waals surface area contributed by atoms with Gasteiger partial charge in [0.25, 0.3) is 0 Å². The summed E-state index contributed by atoms with van der Waals surface area (Å²) in [6.07, 6.45) is 1.92. The van der Waals surface area contributed by atoms with E-state index in [-0.39, 0.29) is 11.2 Å². The number of hydrogen-bond acceptors (Lipinski definition) is 4. The van der Waals surface area contributed by atoms with Gasteiger partial charge in [-0.3, -0.25) is 0 Å². The number of benzene rings is 1. The summed E-state index contributed by atoms with van der Waals surface area (Å²) in [6, 6.07) is 4.59. The Morgan fingerprint density at radius 1 is 1.30 bits per heavy atom.